The fourth-order valence-corrected chi connectivity index (χ4v) is 1.95. The summed E-state index contributed by atoms with van der Waals surface area (Å²) in [5.41, 5.74) is 7.32. The molecule has 0 bridgehead atoms. The summed E-state index contributed by atoms with van der Waals surface area (Å²) in [5.74, 6) is 0.704. The Morgan fingerprint density at radius 1 is 1.64 bits per heavy atom. The van der Waals surface area contributed by atoms with Crippen LogP contribution >= 0.6 is 0 Å². The zero-order chi connectivity index (χ0) is 8.48. The summed E-state index contributed by atoms with van der Waals surface area (Å²) in [6.45, 7) is 9.32. The van der Waals surface area contributed by atoms with Gasteiger partial charge in [0, 0.05) is 6.54 Å². The fourth-order valence-electron chi connectivity index (χ4n) is 1.95. The minimum atomic E-state index is 0.531. The predicted octanol–water partition coefficient (Wildman–Crippen LogP) is 2.33. The fraction of sp³-hybridized carbons (Fsp3) is 0.800. The van der Waals surface area contributed by atoms with Crippen LogP contribution in [0.2, 0.25) is 0 Å². The van der Waals surface area contributed by atoms with E-state index in [1.54, 1.807) is 0 Å². The number of nitrogens with two attached hydrogens (primary N) is 1. The Morgan fingerprint density at radius 3 is 2.64 bits per heavy atom. The van der Waals surface area contributed by atoms with Gasteiger partial charge in [0.2, 0.25) is 0 Å². The third kappa shape index (κ3) is 2.06. The maximum absolute atomic E-state index is 5.54. The molecule has 1 aliphatic carbocycles. The van der Waals surface area contributed by atoms with Crippen molar-refractivity contribution in [3.05, 3.63) is 12.2 Å². The highest BCUT2D eigenvalue weighted by molar-refractivity contribution is 5.06. The minimum Gasteiger partial charge on any atom is -0.327 e. The van der Waals surface area contributed by atoms with Crippen LogP contribution in [-0.2, 0) is 0 Å². The van der Waals surface area contributed by atoms with Crippen LogP contribution in [0.3, 0.4) is 0 Å². The van der Waals surface area contributed by atoms with Crippen molar-refractivity contribution in [2.24, 2.45) is 17.1 Å². The molecule has 0 saturated heterocycles. The van der Waals surface area contributed by atoms with E-state index >= 15 is 0 Å². The molecule has 1 saturated carbocycles. The number of hydrogen-bond acceptors (Lipinski definition) is 1. The van der Waals surface area contributed by atoms with Gasteiger partial charge in [-0.2, -0.15) is 0 Å². The zero-order valence-electron chi connectivity index (χ0n) is 7.69. The molecule has 1 atom stereocenters. The van der Waals surface area contributed by atoms with Crippen LogP contribution < -0.4 is 5.73 Å². The third-order valence-corrected chi connectivity index (χ3v) is 2.81. The third-order valence-electron chi connectivity index (χ3n) is 2.81. The van der Waals surface area contributed by atoms with E-state index in [9.17, 15) is 0 Å². The van der Waals surface area contributed by atoms with E-state index in [1.165, 1.54) is 24.8 Å². The van der Waals surface area contributed by atoms with Crippen LogP contribution in [0, 0.1) is 11.3 Å². The molecule has 0 spiro atoms. The van der Waals surface area contributed by atoms with Gasteiger partial charge >= 0.3 is 0 Å². The molecule has 0 radical (unpaired) electrons. The number of rotatable bonds is 2. The molecule has 2 N–H and O–H groups in total. The standard InChI is InChI=1S/C10H19N/c1-8(7-11)9-4-5-10(2,3)6-9/h9H,1,4-7,11H2,2-3H3. The Hall–Kier alpha value is -0.300. The smallest absolute Gasteiger partial charge is 0.0136 e. The Balaban J connectivity index is 2.48. The Morgan fingerprint density at radius 2 is 2.27 bits per heavy atom. The molecule has 0 amide bonds. The van der Waals surface area contributed by atoms with Gasteiger partial charge in [-0.3, -0.25) is 0 Å². The summed E-state index contributed by atoms with van der Waals surface area (Å²) in [5, 5.41) is 0. The molecule has 1 nitrogen and oxygen atoms in total. The van der Waals surface area contributed by atoms with Crippen molar-refractivity contribution < 1.29 is 0 Å². The first-order chi connectivity index (χ1) is 5.05. The van der Waals surface area contributed by atoms with Crippen molar-refractivity contribution in [1.29, 1.82) is 0 Å². The van der Waals surface area contributed by atoms with Crippen molar-refractivity contribution in [1.82, 2.24) is 0 Å². The highest BCUT2D eigenvalue weighted by Crippen LogP contribution is 2.43. The van der Waals surface area contributed by atoms with Gasteiger partial charge in [-0.25, -0.2) is 0 Å². The molecular weight excluding hydrogens is 134 g/mol. The molecule has 1 fully saturated rings. The summed E-state index contributed by atoms with van der Waals surface area (Å²) in [6, 6.07) is 0. The molecule has 1 aliphatic rings. The molecule has 1 heteroatoms. The summed E-state index contributed by atoms with van der Waals surface area (Å²) < 4.78 is 0. The van der Waals surface area contributed by atoms with Crippen LogP contribution in [0.5, 0.6) is 0 Å². The summed E-state index contributed by atoms with van der Waals surface area (Å²) in [6.07, 6.45) is 3.91. The molecule has 1 rings (SSSR count). The first-order valence-corrected chi connectivity index (χ1v) is 4.43. The van der Waals surface area contributed by atoms with Crippen molar-refractivity contribution in [3.63, 3.8) is 0 Å². The van der Waals surface area contributed by atoms with Gasteiger partial charge in [-0.05, 0) is 30.6 Å². The molecule has 0 heterocycles. The average Bonchev–Trinajstić information content (AvgIpc) is 2.29. The van der Waals surface area contributed by atoms with Gasteiger partial charge in [-0.15, -0.1) is 0 Å². The lowest BCUT2D eigenvalue weighted by Crippen LogP contribution is -2.11. The van der Waals surface area contributed by atoms with Gasteiger partial charge in [0.15, 0.2) is 0 Å². The van der Waals surface area contributed by atoms with Crippen LogP contribution in [0.15, 0.2) is 12.2 Å². The van der Waals surface area contributed by atoms with Crippen molar-refractivity contribution in [2.75, 3.05) is 6.54 Å². The Bertz CT molecular complexity index is 158. The first kappa shape index (κ1) is 8.79. The molecule has 0 aromatic carbocycles. The van der Waals surface area contributed by atoms with E-state index in [0.29, 0.717) is 17.9 Å². The van der Waals surface area contributed by atoms with Crippen LogP contribution in [-0.4, -0.2) is 6.54 Å². The minimum absolute atomic E-state index is 0.531. The second-order valence-corrected chi connectivity index (χ2v) is 4.47. The first-order valence-electron chi connectivity index (χ1n) is 4.43. The Labute approximate surface area is 69.7 Å². The van der Waals surface area contributed by atoms with E-state index in [1.807, 2.05) is 0 Å². The molecule has 11 heavy (non-hydrogen) atoms. The van der Waals surface area contributed by atoms with Gasteiger partial charge < -0.3 is 5.73 Å². The molecule has 64 valence electrons. The molecule has 1 unspecified atom stereocenters. The van der Waals surface area contributed by atoms with Crippen molar-refractivity contribution in [2.45, 2.75) is 33.1 Å². The van der Waals surface area contributed by atoms with Crippen LogP contribution in [0.4, 0.5) is 0 Å². The van der Waals surface area contributed by atoms with Crippen LogP contribution in [0.25, 0.3) is 0 Å². The van der Waals surface area contributed by atoms with Gasteiger partial charge in [0.1, 0.15) is 0 Å². The van der Waals surface area contributed by atoms with E-state index in [2.05, 4.69) is 20.4 Å². The van der Waals surface area contributed by atoms with E-state index in [4.69, 9.17) is 5.73 Å². The highest BCUT2D eigenvalue weighted by Gasteiger charge is 2.31. The zero-order valence-corrected chi connectivity index (χ0v) is 7.69. The van der Waals surface area contributed by atoms with E-state index < -0.39 is 0 Å². The molecule has 0 aliphatic heterocycles. The lowest BCUT2D eigenvalue weighted by atomic mass is 9.89. The summed E-state index contributed by atoms with van der Waals surface area (Å²) in [7, 11) is 0. The number of hydrogen-bond donors (Lipinski definition) is 1. The second kappa shape index (κ2) is 2.98. The molecule has 0 aromatic heterocycles. The molecular formula is C10H19N. The normalized spacial score (nSPS) is 28.8. The van der Waals surface area contributed by atoms with Crippen LogP contribution in [0.1, 0.15) is 33.1 Å². The SMILES string of the molecule is C=C(CN)C1CCC(C)(C)C1. The Kier molecular flexibility index (Phi) is 2.38. The topological polar surface area (TPSA) is 26.0 Å². The highest BCUT2D eigenvalue weighted by atomic mass is 14.5. The maximum Gasteiger partial charge on any atom is 0.0136 e. The largest absolute Gasteiger partial charge is 0.327 e. The summed E-state index contributed by atoms with van der Waals surface area (Å²) in [4.78, 5) is 0. The second-order valence-electron chi connectivity index (χ2n) is 4.47. The average molecular weight is 153 g/mol. The summed E-state index contributed by atoms with van der Waals surface area (Å²) >= 11 is 0. The lowest BCUT2D eigenvalue weighted by molar-refractivity contribution is 0.369. The lowest BCUT2D eigenvalue weighted by Gasteiger charge is -2.17. The van der Waals surface area contributed by atoms with Gasteiger partial charge in [0.05, 0.1) is 0 Å². The van der Waals surface area contributed by atoms with Gasteiger partial charge in [-0.1, -0.05) is 26.0 Å². The van der Waals surface area contributed by atoms with Crippen molar-refractivity contribution in [3.8, 4) is 0 Å². The monoisotopic (exact) mass is 153 g/mol. The predicted molar refractivity (Wildman–Crippen MR) is 49.3 cm³/mol. The quantitative estimate of drug-likeness (QED) is 0.605. The van der Waals surface area contributed by atoms with Crippen molar-refractivity contribution >= 4 is 0 Å². The van der Waals surface area contributed by atoms with Gasteiger partial charge in [0.25, 0.3) is 0 Å². The van der Waals surface area contributed by atoms with E-state index in [-0.39, 0.29) is 0 Å². The maximum atomic E-state index is 5.54. The molecule has 0 aromatic rings. The van der Waals surface area contributed by atoms with E-state index in [0.717, 1.165) is 0 Å².